The van der Waals surface area contributed by atoms with Crippen LogP contribution in [0.3, 0.4) is 0 Å². The Labute approximate surface area is 353 Å². The summed E-state index contributed by atoms with van der Waals surface area (Å²) in [5.74, 6) is -2.90. The zero-order valence-corrected chi connectivity index (χ0v) is 36.8. The van der Waals surface area contributed by atoms with Crippen LogP contribution in [0.1, 0.15) is 162 Å². The number of aliphatic carboxylic acids is 1. The highest BCUT2D eigenvalue weighted by Crippen LogP contribution is 2.43. The van der Waals surface area contributed by atoms with Crippen LogP contribution in [0.25, 0.3) is 0 Å². The maximum absolute atomic E-state index is 12.7. The summed E-state index contributed by atoms with van der Waals surface area (Å²) in [6.07, 6.45) is 28.5. The van der Waals surface area contributed by atoms with E-state index in [-0.39, 0.29) is 24.7 Å². The number of esters is 2. The largest absolute Gasteiger partial charge is 0.480 e. The minimum Gasteiger partial charge on any atom is -0.480 e. The van der Waals surface area contributed by atoms with Crippen LogP contribution in [0.5, 0.6) is 0 Å². The third-order valence-corrected chi connectivity index (χ3v) is 11.4. The molecule has 0 aromatic carbocycles. The van der Waals surface area contributed by atoms with Crippen LogP contribution in [-0.4, -0.2) is 93.5 Å². The molecule has 0 amide bonds. The zero-order valence-electron chi connectivity index (χ0n) is 35.9. The lowest BCUT2D eigenvalue weighted by atomic mass is 9.88. The molecule has 0 aromatic heterocycles. The van der Waals surface area contributed by atoms with Gasteiger partial charge in [0.2, 0.25) is 0 Å². The topological polar surface area (TPSA) is 232 Å². The lowest BCUT2D eigenvalue weighted by Gasteiger charge is -2.21. The molecule has 7 N–H and O–H groups in total. The Kier molecular flexibility index (Phi) is 31.6. The fraction of sp³-hybridized carbons (Fsp3) is 0.795. The van der Waals surface area contributed by atoms with Gasteiger partial charge in [-0.25, -0.2) is 4.57 Å². The molecular weight excluding hydrogens is 781 g/mol. The van der Waals surface area contributed by atoms with Crippen LogP contribution in [0.4, 0.5) is 0 Å². The Bertz CT molecular complexity index is 1260. The number of allylic oxidation sites excluding steroid dienone is 4. The van der Waals surface area contributed by atoms with E-state index in [2.05, 4.69) is 42.7 Å². The second-order valence-corrected chi connectivity index (χ2v) is 17.2. The van der Waals surface area contributed by atoms with Gasteiger partial charge in [0, 0.05) is 25.2 Å². The van der Waals surface area contributed by atoms with E-state index in [4.69, 9.17) is 24.8 Å². The number of nitrogens with two attached hydrogens (primary N) is 1. The minimum atomic E-state index is -4.77. The van der Waals surface area contributed by atoms with Crippen molar-refractivity contribution in [2.75, 3.05) is 19.8 Å². The molecule has 0 saturated heterocycles. The highest BCUT2D eigenvalue weighted by Gasteiger charge is 2.39. The second kappa shape index (κ2) is 34.2. The molecule has 1 unspecified atom stereocenters. The van der Waals surface area contributed by atoms with Crippen LogP contribution in [0.2, 0.25) is 0 Å². The van der Waals surface area contributed by atoms with Gasteiger partial charge in [0.15, 0.2) is 6.10 Å². The first-order valence-electron chi connectivity index (χ1n) is 22.3. The number of carbonyl (C=O) groups is 3. The number of carboxylic acid groups (broad SMARTS) is 1. The Morgan fingerprint density at radius 1 is 0.746 bits per heavy atom. The maximum atomic E-state index is 12.7. The number of unbranched alkanes of at least 4 members (excludes halogenated alkanes) is 13. The van der Waals surface area contributed by atoms with Crippen molar-refractivity contribution in [1.29, 1.82) is 0 Å². The SMILES string of the molecule is CCCCC/C=C\C/C=C\CCCCCCCC(=O)O[C@H](COC(=O)CCCCCC[C@@H]1[C@@H](/C=C/[C@@H](O)CCCCC)[C@H](O)C[C@@H]1O)COP(=O)(O)OC[C@H](N)C(=O)O. The molecule has 0 aromatic rings. The van der Waals surface area contributed by atoms with Gasteiger partial charge in [-0.05, 0) is 63.7 Å². The molecule has 0 aliphatic heterocycles. The molecule has 1 rings (SSSR count). The fourth-order valence-electron chi connectivity index (χ4n) is 6.90. The number of ether oxygens (including phenoxy) is 2. The first kappa shape index (κ1) is 54.6. The first-order chi connectivity index (χ1) is 28.3. The van der Waals surface area contributed by atoms with Gasteiger partial charge in [-0.3, -0.25) is 23.4 Å². The van der Waals surface area contributed by atoms with Crippen molar-refractivity contribution in [3.8, 4) is 0 Å². The van der Waals surface area contributed by atoms with Gasteiger partial charge in [0.25, 0.3) is 0 Å². The van der Waals surface area contributed by atoms with E-state index in [9.17, 15) is 39.2 Å². The molecule has 0 spiro atoms. The molecule has 14 nitrogen and oxygen atoms in total. The summed E-state index contributed by atoms with van der Waals surface area (Å²) in [5.41, 5.74) is 5.33. The number of phosphoric ester groups is 1. The average molecular weight is 860 g/mol. The summed E-state index contributed by atoms with van der Waals surface area (Å²) in [5, 5.41) is 40.3. The van der Waals surface area contributed by atoms with Crippen LogP contribution in [0.15, 0.2) is 36.5 Å². The number of hydrogen-bond acceptors (Lipinski definition) is 12. The summed E-state index contributed by atoms with van der Waals surface area (Å²) in [6.45, 7) is 2.44. The average Bonchev–Trinajstić information content (AvgIpc) is 3.47. The van der Waals surface area contributed by atoms with E-state index in [1.165, 1.54) is 19.3 Å². The lowest BCUT2D eigenvalue weighted by Crippen LogP contribution is -2.34. The molecule has 0 radical (unpaired) electrons. The predicted molar refractivity (Wildman–Crippen MR) is 228 cm³/mol. The molecule has 342 valence electrons. The van der Waals surface area contributed by atoms with E-state index in [0.29, 0.717) is 32.1 Å². The monoisotopic (exact) mass is 860 g/mol. The number of hydrogen-bond donors (Lipinski definition) is 6. The number of rotatable bonds is 37. The van der Waals surface area contributed by atoms with Crippen LogP contribution < -0.4 is 5.73 Å². The molecule has 1 aliphatic carbocycles. The third-order valence-electron chi connectivity index (χ3n) is 10.5. The summed E-state index contributed by atoms with van der Waals surface area (Å²) >= 11 is 0. The normalized spacial score (nSPS) is 20.9. The quantitative estimate of drug-likeness (QED) is 0.0150. The van der Waals surface area contributed by atoms with Gasteiger partial charge < -0.3 is 40.5 Å². The molecule has 59 heavy (non-hydrogen) atoms. The predicted octanol–water partition coefficient (Wildman–Crippen LogP) is 8.00. The van der Waals surface area contributed by atoms with Crippen molar-refractivity contribution >= 4 is 25.7 Å². The standard InChI is InChI=1S/C44H78NO13P/c1-3-5-7-8-9-10-11-12-13-14-15-16-17-18-24-28-43(50)58-36(33-56-59(53,54)57-34-39(45)44(51)52)32-55-42(49)27-23-20-19-22-26-37-38(41(48)31-40(37)47)30-29-35(46)25-21-6-4-2/h9-10,12-13,29-30,35-41,46-48H,3-8,11,14-28,31-34,45H2,1-2H3,(H,51,52)(H,53,54)/b10-9-,13-12-,30-29+/t35-,36+,37+,38+,39-,40-,41+/m0/s1. The van der Waals surface area contributed by atoms with Crippen LogP contribution in [0, 0.1) is 11.8 Å². The molecular formula is C44H78NO13P. The van der Waals surface area contributed by atoms with E-state index in [1.54, 1.807) is 6.08 Å². The first-order valence-corrected chi connectivity index (χ1v) is 23.8. The van der Waals surface area contributed by atoms with Gasteiger partial charge in [0.05, 0.1) is 31.5 Å². The Balaban J connectivity index is 2.48. The van der Waals surface area contributed by atoms with Crippen LogP contribution in [-0.2, 0) is 37.5 Å². The molecule has 1 aliphatic rings. The van der Waals surface area contributed by atoms with Crippen molar-refractivity contribution < 1.29 is 62.8 Å². The molecule has 1 fully saturated rings. The Morgan fingerprint density at radius 2 is 1.32 bits per heavy atom. The van der Waals surface area contributed by atoms with Gasteiger partial charge in [0.1, 0.15) is 12.6 Å². The van der Waals surface area contributed by atoms with Gasteiger partial charge in [-0.15, -0.1) is 0 Å². The van der Waals surface area contributed by atoms with E-state index >= 15 is 0 Å². The van der Waals surface area contributed by atoms with Gasteiger partial charge in [-0.1, -0.05) is 121 Å². The maximum Gasteiger partial charge on any atom is 0.472 e. The van der Waals surface area contributed by atoms with Crippen LogP contribution >= 0.6 is 7.82 Å². The fourth-order valence-corrected chi connectivity index (χ4v) is 7.67. The van der Waals surface area contributed by atoms with Crippen molar-refractivity contribution in [2.45, 2.75) is 192 Å². The number of aliphatic hydroxyl groups is 3. The van der Waals surface area contributed by atoms with Gasteiger partial charge in [-0.2, -0.15) is 0 Å². The number of carbonyl (C=O) groups excluding carboxylic acids is 2. The highest BCUT2D eigenvalue weighted by atomic mass is 31.2. The number of carboxylic acids is 1. The van der Waals surface area contributed by atoms with Crippen molar-refractivity contribution in [2.24, 2.45) is 17.6 Å². The molecule has 0 bridgehead atoms. The Hall–Kier alpha value is -2.42. The van der Waals surface area contributed by atoms with E-state index in [1.807, 2.05) is 6.08 Å². The van der Waals surface area contributed by atoms with Crippen molar-refractivity contribution in [3.63, 3.8) is 0 Å². The summed E-state index contributed by atoms with van der Waals surface area (Å²) in [6, 6.07) is -1.56. The second-order valence-electron chi connectivity index (χ2n) is 15.8. The van der Waals surface area contributed by atoms with E-state index in [0.717, 1.165) is 83.5 Å². The highest BCUT2D eigenvalue weighted by molar-refractivity contribution is 7.47. The number of phosphoric acid groups is 1. The summed E-state index contributed by atoms with van der Waals surface area (Å²) in [7, 11) is -4.77. The van der Waals surface area contributed by atoms with E-state index < -0.39 is 76.0 Å². The molecule has 15 heteroatoms. The van der Waals surface area contributed by atoms with Gasteiger partial charge >= 0.3 is 25.7 Å². The third kappa shape index (κ3) is 28.7. The smallest absolute Gasteiger partial charge is 0.472 e. The molecule has 0 heterocycles. The Morgan fingerprint density at radius 3 is 1.98 bits per heavy atom. The molecule has 8 atom stereocenters. The lowest BCUT2D eigenvalue weighted by molar-refractivity contribution is -0.161. The molecule has 1 saturated carbocycles. The van der Waals surface area contributed by atoms with Crippen molar-refractivity contribution in [1.82, 2.24) is 0 Å². The number of aliphatic hydroxyl groups excluding tert-OH is 3. The minimum absolute atomic E-state index is 0.0915. The zero-order chi connectivity index (χ0) is 43.7. The summed E-state index contributed by atoms with van der Waals surface area (Å²) in [4.78, 5) is 46.2. The summed E-state index contributed by atoms with van der Waals surface area (Å²) < 4.78 is 32.7. The van der Waals surface area contributed by atoms with Crippen molar-refractivity contribution in [3.05, 3.63) is 36.5 Å².